The van der Waals surface area contributed by atoms with Crippen molar-refractivity contribution in [3.63, 3.8) is 0 Å². The minimum absolute atomic E-state index is 0.0742. The molecule has 1 amide bonds. The van der Waals surface area contributed by atoms with E-state index in [-0.39, 0.29) is 4.90 Å². The zero-order valence-electron chi connectivity index (χ0n) is 16.3. The maximum absolute atomic E-state index is 12.0. The number of carbonyl (C=O) groups excluding carboxylic acids is 1. The van der Waals surface area contributed by atoms with E-state index in [9.17, 15) is 13.2 Å². The molecular weight excluding hydrogens is 380 g/mol. The van der Waals surface area contributed by atoms with E-state index in [0.29, 0.717) is 4.90 Å². The number of rotatable bonds is 6. The topological polar surface area (TPSA) is 66.5 Å². The first-order chi connectivity index (χ1) is 12.8. The molecule has 0 spiro atoms. The largest absolute Gasteiger partial charge is 0.304 e. The van der Waals surface area contributed by atoms with Gasteiger partial charge in [0.1, 0.15) is 0 Å². The molecule has 27 heavy (non-hydrogen) atoms. The molecule has 0 aromatic heterocycles. The molecule has 0 saturated heterocycles. The van der Waals surface area contributed by atoms with Crippen molar-refractivity contribution in [1.29, 1.82) is 0 Å². The molecule has 0 aliphatic rings. The van der Waals surface area contributed by atoms with Gasteiger partial charge in [-0.05, 0) is 62.6 Å². The fourth-order valence-corrected chi connectivity index (χ4v) is 4.01. The van der Waals surface area contributed by atoms with Crippen LogP contribution in [0.5, 0.6) is 0 Å². The van der Waals surface area contributed by atoms with Crippen LogP contribution in [0.15, 0.2) is 64.4 Å². The van der Waals surface area contributed by atoms with Gasteiger partial charge in [0.25, 0.3) is 15.3 Å². The number of benzene rings is 2. The molecule has 2 aromatic rings. The van der Waals surface area contributed by atoms with Crippen molar-refractivity contribution in [3.8, 4) is 0 Å². The van der Waals surface area contributed by atoms with Crippen LogP contribution in [-0.2, 0) is 10.0 Å². The Bertz CT molecular complexity index is 782. The molecule has 0 unspecified atom stereocenters. The first-order valence-electron chi connectivity index (χ1n) is 8.91. The van der Waals surface area contributed by atoms with Crippen molar-refractivity contribution in [2.24, 2.45) is 0 Å². The molecule has 0 aliphatic carbocycles. The second-order valence-electron chi connectivity index (χ2n) is 5.74. The molecule has 0 atom stereocenters. The summed E-state index contributed by atoms with van der Waals surface area (Å²) in [6, 6.07) is 15.2. The molecule has 0 bridgehead atoms. The molecule has 7 heteroatoms. The number of thioether (sulfide) groups is 1. The summed E-state index contributed by atoms with van der Waals surface area (Å²) < 4.78 is 26.0. The number of sulfonamides is 1. The summed E-state index contributed by atoms with van der Waals surface area (Å²) in [5.41, 5.74) is 0.953. The molecule has 5 nitrogen and oxygen atoms in total. The summed E-state index contributed by atoms with van der Waals surface area (Å²) in [6.07, 6.45) is 0. The predicted octanol–water partition coefficient (Wildman–Crippen LogP) is 4.53. The average molecular weight is 409 g/mol. The molecule has 0 radical (unpaired) electrons. The van der Waals surface area contributed by atoms with Crippen LogP contribution in [0, 0.1) is 6.92 Å². The summed E-state index contributed by atoms with van der Waals surface area (Å²) in [5, 5.41) is -0.628. The third kappa shape index (κ3) is 8.60. The first-order valence-corrected chi connectivity index (χ1v) is 11.2. The average Bonchev–Trinajstić information content (AvgIpc) is 2.64. The number of hydrogen-bond donors (Lipinski definition) is 1. The second-order valence-corrected chi connectivity index (χ2v) is 8.47. The van der Waals surface area contributed by atoms with Crippen molar-refractivity contribution < 1.29 is 13.2 Å². The van der Waals surface area contributed by atoms with Gasteiger partial charge < -0.3 is 4.90 Å². The Morgan fingerprint density at radius 2 is 1.44 bits per heavy atom. The van der Waals surface area contributed by atoms with Crippen LogP contribution < -0.4 is 4.72 Å². The predicted molar refractivity (Wildman–Crippen MR) is 113 cm³/mol. The Balaban J connectivity index is 0.000000445. The Morgan fingerprint density at radius 1 is 0.926 bits per heavy atom. The molecule has 1 N–H and O–H groups in total. The number of hydrogen-bond acceptors (Lipinski definition) is 5. The van der Waals surface area contributed by atoms with E-state index < -0.39 is 15.3 Å². The summed E-state index contributed by atoms with van der Waals surface area (Å²) >= 11 is 0.839. The first kappa shape index (κ1) is 23.2. The maximum atomic E-state index is 12.0. The van der Waals surface area contributed by atoms with E-state index in [0.717, 1.165) is 17.3 Å². The fraction of sp³-hybridized carbons (Fsp3) is 0.350. The highest BCUT2D eigenvalue weighted by atomic mass is 32.2. The van der Waals surface area contributed by atoms with Crippen molar-refractivity contribution >= 4 is 27.0 Å². The van der Waals surface area contributed by atoms with Crippen LogP contribution in [0.25, 0.3) is 0 Å². The van der Waals surface area contributed by atoms with E-state index >= 15 is 0 Å². The van der Waals surface area contributed by atoms with Crippen LogP contribution in [0.4, 0.5) is 4.79 Å². The molecular formula is C20H28N2O3S2. The Morgan fingerprint density at radius 3 is 1.89 bits per heavy atom. The molecule has 0 heterocycles. The van der Waals surface area contributed by atoms with Gasteiger partial charge in [0.15, 0.2) is 0 Å². The quantitative estimate of drug-likeness (QED) is 0.711. The van der Waals surface area contributed by atoms with Crippen molar-refractivity contribution in [2.45, 2.75) is 37.5 Å². The lowest BCUT2D eigenvalue weighted by Gasteiger charge is -2.13. The summed E-state index contributed by atoms with van der Waals surface area (Å²) in [7, 11) is -3.82. The number of nitrogens with zero attached hydrogens (tertiary/aromatic N) is 1. The Kier molecular flexibility index (Phi) is 10.1. The van der Waals surface area contributed by atoms with E-state index in [2.05, 4.69) is 25.7 Å². The molecule has 0 saturated carbocycles. The lowest BCUT2D eigenvalue weighted by molar-refractivity contribution is 0.264. The highest BCUT2D eigenvalue weighted by Gasteiger charge is 2.17. The number of carbonyl (C=O) groups is 1. The number of nitrogens with one attached hydrogen (secondary N) is 1. The molecule has 2 aromatic carbocycles. The summed E-state index contributed by atoms with van der Waals surface area (Å²) in [4.78, 5) is 14.9. The van der Waals surface area contributed by atoms with Crippen molar-refractivity contribution in [1.82, 2.24) is 9.62 Å². The standard InChI is InChI=1S/C14H13NO3S2.C6H15N/c1-11-7-9-13(10-8-11)20(17,18)15-14(16)19-12-5-3-2-4-6-12;1-4-7(5-2)6-3/h2-10H,1H3,(H,15,16);4-6H2,1-3H3. The zero-order chi connectivity index (χ0) is 20.3. The third-order valence-electron chi connectivity index (χ3n) is 3.84. The van der Waals surface area contributed by atoms with Gasteiger partial charge in [0, 0.05) is 4.90 Å². The van der Waals surface area contributed by atoms with Crippen molar-refractivity contribution in [2.75, 3.05) is 19.6 Å². The van der Waals surface area contributed by atoms with Crippen LogP contribution in [-0.4, -0.2) is 38.2 Å². The van der Waals surface area contributed by atoms with E-state index in [1.165, 1.54) is 31.8 Å². The van der Waals surface area contributed by atoms with Gasteiger partial charge in [-0.3, -0.25) is 4.79 Å². The van der Waals surface area contributed by atoms with Gasteiger partial charge in [-0.2, -0.15) is 0 Å². The molecule has 0 fully saturated rings. The van der Waals surface area contributed by atoms with Crippen LogP contribution in [0.3, 0.4) is 0 Å². The monoisotopic (exact) mass is 408 g/mol. The van der Waals surface area contributed by atoms with Gasteiger partial charge in [-0.25, -0.2) is 13.1 Å². The zero-order valence-corrected chi connectivity index (χ0v) is 17.9. The second kappa shape index (κ2) is 11.8. The normalized spacial score (nSPS) is 10.9. The van der Waals surface area contributed by atoms with E-state index in [1.807, 2.05) is 17.7 Å². The third-order valence-corrected chi connectivity index (χ3v) is 6.12. The summed E-state index contributed by atoms with van der Waals surface area (Å²) in [5.74, 6) is 0. The lowest BCUT2D eigenvalue weighted by Crippen LogP contribution is -2.27. The fourth-order valence-electron chi connectivity index (χ4n) is 2.17. The maximum Gasteiger partial charge on any atom is 0.297 e. The van der Waals surface area contributed by atoms with Gasteiger partial charge in [-0.15, -0.1) is 0 Å². The van der Waals surface area contributed by atoms with Crippen LogP contribution >= 0.6 is 11.8 Å². The van der Waals surface area contributed by atoms with Gasteiger partial charge >= 0.3 is 0 Å². The van der Waals surface area contributed by atoms with E-state index in [4.69, 9.17) is 0 Å². The lowest BCUT2D eigenvalue weighted by atomic mass is 10.2. The van der Waals surface area contributed by atoms with Crippen molar-refractivity contribution in [3.05, 3.63) is 60.2 Å². The van der Waals surface area contributed by atoms with E-state index in [1.54, 1.807) is 36.4 Å². The summed E-state index contributed by atoms with van der Waals surface area (Å²) in [6.45, 7) is 12.0. The van der Waals surface area contributed by atoms with Gasteiger partial charge in [0.2, 0.25) is 0 Å². The van der Waals surface area contributed by atoms with Gasteiger partial charge in [-0.1, -0.05) is 56.7 Å². The van der Waals surface area contributed by atoms with Crippen LogP contribution in [0.2, 0.25) is 0 Å². The number of aryl methyl sites for hydroxylation is 1. The SMILES string of the molecule is CCN(CC)CC.Cc1ccc(S(=O)(=O)NC(=O)Sc2ccccc2)cc1. The number of amides is 1. The Labute approximate surface area is 167 Å². The molecule has 2 rings (SSSR count). The van der Waals surface area contributed by atoms with Crippen LogP contribution in [0.1, 0.15) is 26.3 Å². The minimum atomic E-state index is -3.82. The highest BCUT2D eigenvalue weighted by molar-refractivity contribution is 8.14. The minimum Gasteiger partial charge on any atom is -0.304 e. The smallest absolute Gasteiger partial charge is 0.297 e. The molecule has 0 aliphatic heterocycles. The van der Waals surface area contributed by atoms with Gasteiger partial charge in [0.05, 0.1) is 4.90 Å². The highest BCUT2D eigenvalue weighted by Crippen LogP contribution is 2.19. The Hall–Kier alpha value is -1.83. The molecule has 148 valence electrons.